The van der Waals surface area contributed by atoms with Gasteiger partial charge in [0, 0.05) is 50.4 Å². The van der Waals surface area contributed by atoms with Crippen molar-refractivity contribution >= 4 is 17.5 Å². The van der Waals surface area contributed by atoms with Crippen LogP contribution in [0.2, 0.25) is 0 Å². The lowest BCUT2D eigenvalue weighted by molar-refractivity contribution is -0.384. The number of amides is 2. The summed E-state index contributed by atoms with van der Waals surface area (Å²) in [7, 11) is 0. The first-order valence-electron chi connectivity index (χ1n) is 12.6. The standard InChI is InChI=1S/C28H32N4O6/c1-22-10-11-26(38-22)20-31(19-23-6-3-2-4-7-23)27(33)21-30(13-12-29-14-16-37-17-15-29)28(34)24-8-5-9-25(18-24)32(35)36/h2-11,18H,12-17,19-21H2,1H3. The van der Waals surface area contributed by atoms with E-state index in [1.165, 1.54) is 29.2 Å². The summed E-state index contributed by atoms with van der Waals surface area (Å²) < 4.78 is 11.1. The number of hydrogen-bond acceptors (Lipinski definition) is 7. The van der Waals surface area contributed by atoms with Crippen molar-refractivity contribution in [2.45, 2.75) is 20.0 Å². The lowest BCUT2D eigenvalue weighted by atomic mass is 10.1. The third-order valence-electron chi connectivity index (χ3n) is 6.42. The van der Waals surface area contributed by atoms with Crippen LogP contribution in [0.25, 0.3) is 0 Å². The van der Waals surface area contributed by atoms with Crippen LogP contribution in [0.4, 0.5) is 5.69 Å². The molecule has 4 rings (SSSR count). The van der Waals surface area contributed by atoms with Crippen molar-refractivity contribution < 1.29 is 23.7 Å². The highest BCUT2D eigenvalue weighted by Crippen LogP contribution is 2.17. The summed E-state index contributed by atoms with van der Waals surface area (Å²) in [6.07, 6.45) is 0. The molecule has 0 unspecified atom stereocenters. The molecule has 200 valence electrons. The second kappa shape index (κ2) is 13.0. The number of non-ortho nitro benzene ring substituents is 1. The van der Waals surface area contributed by atoms with Gasteiger partial charge in [-0.25, -0.2) is 0 Å². The van der Waals surface area contributed by atoms with Gasteiger partial charge >= 0.3 is 0 Å². The SMILES string of the molecule is Cc1ccc(CN(Cc2ccccc2)C(=O)CN(CCN2CCOCC2)C(=O)c2cccc([N+](=O)[O-])c2)o1. The monoisotopic (exact) mass is 520 g/mol. The second-order valence-corrected chi connectivity index (χ2v) is 9.24. The van der Waals surface area contributed by atoms with Crippen LogP contribution in [-0.4, -0.2) is 77.4 Å². The number of rotatable bonds is 11. The molecule has 0 spiro atoms. The maximum Gasteiger partial charge on any atom is 0.270 e. The van der Waals surface area contributed by atoms with Crippen molar-refractivity contribution in [2.24, 2.45) is 0 Å². The molecule has 10 heteroatoms. The Bertz CT molecular complexity index is 1240. The minimum absolute atomic E-state index is 0.168. The first-order valence-corrected chi connectivity index (χ1v) is 12.6. The molecule has 38 heavy (non-hydrogen) atoms. The topological polar surface area (TPSA) is 109 Å². The number of ether oxygens (including phenoxy) is 1. The zero-order valence-electron chi connectivity index (χ0n) is 21.5. The number of benzene rings is 2. The molecule has 1 fully saturated rings. The number of aryl methyl sites for hydroxylation is 1. The molecule has 3 aromatic rings. The summed E-state index contributed by atoms with van der Waals surface area (Å²) in [5.41, 5.74) is 0.952. The Morgan fingerprint density at radius 1 is 0.974 bits per heavy atom. The van der Waals surface area contributed by atoms with Gasteiger partial charge in [-0.05, 0) is 30.7 Å². The van der Waals surface area contributed by atoms with Crippen LogP contribution in [0.15, 0.2) is 71.1 Å². The number of carbonyl (C=O) groups excluding carboxylic acids is 2. The Morgan fingerprint density at radius 3 is 2.42 bits per heavy atom. The summed E-state index contributed by atoms with van der Waals surface area (Å²) in [4.78, 5) is 43.3. The smallest absolute Gasteiger partial charge is 0.270 e. The molecule has 1 aliphatic heterocycles. The van der Waals surface area contributed by atoms with Gasteiger partial charge in [0.1, 0.15) is 18.1 Å². The molecule has 0 N–H and O–H groups in total. The Balaban J connectivity index is 1.55. The summed E-state index contributed by atoms with van der Waals surface area (Å²) >= 11 is 0. The Kier molecular flexibility index (Phi) is 9.23. The van der Waals surface area contributed by atoms with Crippen LogP contribution in [0.5, 0.6) is 0 Å². The first kappa shape index (κ1) is 27.0. The fraction of sp³-hybridized carbons (Fsp3) is 0.357. The van der Waals surface area contributed by atoms with Crippen LogP contribution in [0.1, 0.15) is 27.4 Å². The number of furan rings is 1. The Hall–Kier alpha value is -4.02. The summed E-state index contributed by atoms with van der Waals surface area (Å²) in [5, 5.41) is 11.3. The van der Waals surface area contributed by atoms with Crippen molar-refractivity contribution in [3.8, 4) is 0 Å². The van der Waals surface area contributed by atoms with Gasteiger partial charge in [0.15, 0.2) is 0 Å². The van der Waals surface area contributed by atoms with Gasteiger partial charge in [0.2, 0.25) is 5.91 Å². The van der Waals surface area contributed by atoms with Gasteiger partial charge in [-0.1, -0.05) is 36.4 Å². The highest BCUT2D eigenvalue weighted by molar-refractivity contribution is 5.97. The van der Waals surface area contributed by atoms with Gasteiger partial charge in [-0.3, -0.25) is 24.6 Å². The fourth-order valence-electron chi connectivity index (χ4n) is 4.33. The predicted octanol–water partition coefficient (Wildman–Crippen LogP) is 3.50. The molecule has 2 aromatic carbocycles. The molecule has 10 nitrogen and oxygen atoms in total. The zero-order valence-corrected chi connectivity index (χ0v) is 21.5. The van der Waals surface area contributed by atoms with Crippen molar-refractivity contribution in [2.75, 3.05) is 45.9 Å². The molecule has 0 aliphatic carbocycles. The van der Waals surface area contributed by atoms with E-state index in [1.54, 1.807) is 4.90 Å². The molecule has 0 atom stereocenters. The number of nitro groups is 1. The molecule has 1 aromatic heterocycles. The van der Waals surface area contributed by atoms with Crippen LogP contribution in [0.3, 0.4) is 0 Å². The number of morpholine rings is 1. The maximum absolute atomic E-state index is 13.7. The normalized spacial score (nSPS) is 13.7. The molecule has 2 amide bonds. The van der Waals surface area contributed by atoms with Crippen LogP contribution in [0, 0.1) is 17.0 Å². The molecular weight excluding hydrogens is 488 g/mol. The minimum atomic E-state index is -0.535. The van der Waals surface area contributed by atoms with E-state index in [4.69, 9.17) is 9.15 Å². The molecule has 2 heterocycles. The summed E-state index contributed by atoms with van der Waals surface area (Å²) in [6, 6.07) is 18.9. The van der Waals surface area contributed by atoms with Crippen LogP contribution >= 0.6 is 0 Å². The quantitative estimate of drug-likeness (QED) is 0.281. The summed E-state index contributed by atoms with van der Waals surface area (Å²) in [5.74, 6) is 0.726. The summed E-state index contributed by atoms with van der Waals surface area (Å²) in [6.45, 7) is 5.85. The largest absolute Gasteiger partial charge is 0.464 e. The first-order chi connectivity index (χ1) is 18.4. The van der Waals surface area contributed by atoms with Gasteiger partial charge in [-0.2, -0.15) is 0 Å². The lowest BCUT2D eigenvalue weighted by Crippen LogP contribution is -2.47. The van der Waals surface area contributed by atoms with E-state index >= 15 is 0 Å². The van der Waals surface area contributed by atoms with E-state index < -0.39 is 10.8 Å². The number of carbonyl (C=O) groups is 2. The molecule has 1 aliphatic rings. The number of hydrogen-bond donors (Lipinski definition) is 0. The molecule has 0 radical (unpaired) electrons. The van der Waals surface area contributed by atoms with Crippen LogP contribution < -0.4 is 0 Å². The molecule has 1 saturated heterocycles. The third-order valence-corrected chi connectivity index (χ3v) is 6.42. The van der Waals surface area contributed by atoms with Crippen molar-refractivity contribution in [1.82, 2.24) is 14.7 Å². The predicted molar refractivity (Wildman–Crippen MR) is 140 cm³/mol. The van der Waals surface area contributed by atoms with E-state index in [0.717, 1.165) is 24.4 Å². The van der Waals surface area contributed by atoms with Crippen molar-refractivity contribution in [3.63, 3.8) is 0 Å². The van der Waals surface area contributed by atoms with E-state index in [0.29, 0.717) is 38.6 Å². The van der Waals surface area contributed by atoms with E-state index in [2.05, 4.69) is 4.90 Å². The average Bonchev–Trinajstić information content (AvgIpc) is 3.35. The van der Waals surface area contributed by atoms with Gasteiger partial charge < -0.3 is 19.0 Å². The molecular formula is C28H32N4O6. The Morgan fingerprint density at radius 2 is 1.74 bits per heavy atom. The second-order valence-electron chi connectivity index (χ2n) is 9.24. The van der Waals surface area contributed by atoms with Crippen molar-refractivity contribution in [3.05, 3.63) is 99.5 Å². The van der Waals surface area contributed by atoms with Crippen molar-refractivity contribution in [1.29, 1.82) is 0 Å². The highest BCUT2D eigenvalue weighted by atomic mass is 16.6. The lowest BCUT2D eigenvalue weighted by Gasteiger charge is -2.31. The highest BCUT2D eigenvalue weighted by Gasteiger charge is 2.25. The third kappa shape index (κ3) is 7.50. The minimum Gasteiger partial charge on any atom is -0.464 e. The van der Waals surface area contributed by atoms with E-state index in [-0.39, 0.29) is 30.2 Å². The Labute approximate surface area is 221 Å². The van der Waals surface area contributed by atoms with E-state index in [1.807, 2.05) is 49.4 Å². The van der Waals surface area contributed by atoms with Gasteiger partial charge in [-0.15, -0.1) is 0 Å². The number of nitrogens with zero attached hydrogens (tertiary/aromatic N) is 4. The molecule has 0 bridgehead atoms. The zero-order chi connectivity index (χ0) is 26.9. The van der Waals surface area contributed by atoms with Crippen LogP contribution in [-0.2, 0) is 22.6 Å². The van der Waals surface area contributed by atoms with Gasteiger partial charge in [0.05, 0.1) is 24.7 Å². The molecule has 0 saturated carbocycles. The maximum atomic E-state index is 13.7. The van der Waals surface area contributed by atoms with Gasteiger partial charge in [0.25, 0.3) is 11.6 Å². The van der Waals surface area contributed by atoms with E-state index in [9.17, 15) is 19.7 Å². The number of nitro benzene ring substituents is 1. The average molecular weight is 521 g/mol. The fourth-order valence-corrected chi connectivity index (χ4v) is 4.33.